The number of carbonyl (C=O) groups excluding carboxylic acids is 2. The van der Waals surface area contributed by atoms with Gasteiger partial charge in [-0.1, -0.05) is 0 Å². The molecule has 0 aliphatic heterocycles. The van der Waals surface area contributed by atoms with E-state index in [0.29, 0.717) is 0 Å². The van der Waals surface area contributed by atoms with Crippen LogP contribution >= 0.6 is 0 Å². The molecule has 94 valence electrons. The third kappa shape index (κ3) is 3.58. The summed E-state index contributed by atoms with van der Waals surface area (Å²) in [5.74, 6) is -1.98. The number of hydrogen-bond donors (Lipinski definition) is 0. The van der Waals surface area contributed by atoms with E-state index >= 15 is 0 Å². The van der Waals surface area contributed by atoms with Gasteiger partial charge in [0.15, 0.2) is 5.82 Å². The average Bonchev–Trinajstić information content (AvgIpc) is 2.44. The fraction of sp³-hybridized carbons (Fsp3) is 0.455. The van der Waals surface area contributed by atoms with Gasteiger partial charge in [0.25, 0.3) is 0 Å². The molecule has 1 aromatic heterocycles. The van der Waals surface area contributed by atoms with Crippen LogP contribution in [-0.4, -0.2) is 22.2 Å². The summed E-state index contributed by atoms with van der Waals surface area (Å²) < 4.78 is 23.7. The third-order valence-electron chi connectivity index (χ3n) is 1.62. The van der Waals surface area contributed by atoms with Crippen LogP contribution in [0.2, 0.25) is 0 Å². The van der Waals surface area contributed by atoms with Gasteiger partial charge in [0.05, 0.1) is 0 Å². The first-order valence-electron chi connectivity index (χ1n) is 4.99. The van der Waals surface area contributed by atoms with Gasteiger partial charge in [0.2, 0.25) is 5.88 Å². The quantitative estimate of drug-likeness (QED) is 0.710. The molecule has 1 heterocycles. The second kappa shape index (κ2) is 4.57. The van der Waals surface area contributed by atoms with E-state index in [1.165, 1.54) is 0 Å². The molecule has 0 saturated carbocycles. The van der Waals surface area contributed by atoms with Gasteiger partial charge in [-0.2, -0.15) is 0 Å². The van der Waals surface area contributed by atoms with Crippen LogP contribution in [0.15, 0.2) is 12.3 Å². The summed E-state index contributed by atoms with van der Waals surface area (Å²) in [6.07, 6.45) is 0.333. The van der Waals surface area contributed by atoms with E-state index in [1.54, 1.807) is 20.8 Å². The van der Waals surface area contributed by atoms with Crippen molar-refractivity contribution in [3.8, 4) is 5.88 Å². The molecule has 0 saturated heterocycles. The van der Waals surface area contributed by atoms with E-state index < -0.39 is 29.4 Å². The SMILES string of the molecule is CC(=O)Oc1c(F)ccn1C(=O)OC(C)(C)C. The Labute approximate surface area is 98.1 Å². The molecule has 5 nitrogen and oxygen atoms in total. The van der Waals surface area contributed by atoms with Crippen LogP contribution in [0.4, 0.5) is 9.18 Å². The van der Waals surface area contributed by atoms with Crippen molar-refractivity contribution < 1.29 is 23.5 Å². The number of hydrogen-bond acceptors (Lipinski definition) is 4. The summed E-state index contributed by atoms with van der Waals surface area (Å²) in [7, 11) is 0. The maximum atomic E-state index is 13.3. The van der Waals surface area contributed by atoms with Crippen molar-refractivity contribution >= 4 is 12.1 Å². The van der Waals surface area contributed by atoms with Crippen molar-refractivity contribution in [2.75, 3.05) is 0 Å². The highest BCUT2D eigenvalue weighted by Gasteiger charge is 2.23. The number of esters is 1. The van der Waals surface area contributed by atoms with E-state index in [-0.39, 0.29) is 0 Å². The molecular weight excluding hydrogens is 229 g/mol. The normalized spacial score (nSPS) is 11.1. The maximum Gasteiger partial charge on any atom is 0.421 e. The zero-order valence-electron chi connectivity index (χ0n) is 10.1. The fourth-order valence-corrected chi connectivity index (χ4v) is 1.08. The Hall–Kier alpha value is -1.85. The molecule has 1 rings (SSSR count). The number of aromatic nitrogens is 1. The molecule has 0 N–H and O–H groups in total. The minimum Gasteiger partial charge on any atom is -0.443 e. The van der Waals surface area contributed by atoms with Gasteiger partial charge < -0.3 is 9.47 Å². The molecule has 0 aliphatic rings. The van der Waals surface area contributed by atoms with Crippen molar-refractivity contribution in [1.29, 1.82) is 0 Å². The molecule has 0 unspecified atom stereocenters. The highest BCUT2D eigenvalue weighted by molar-refractivity contribution is 5.75. The summed E-state index contributed by atoms with van der Waals surface area (Å²) in [5, 5.41) is 0. The zero-order chi connectivity index (χ0) is 13.2. The highest BCUT2D eigenvalue weighted by atomic mass is 19.1. The van der Waals surface area contributed by atoms with Crippen molar-refractivity contribution in [3.05, 3.63) is 18.1 Å². The van der Waals surface area contributed by atoms with Crippen molar-refractivity contribution in [1.82, 2.24) is 4.57 Å². The lowest BCUT2D eigenvalue weighted by molar-refractivity contribution is -0.132. The minimum atomic E-state index is -0.808. The predicted molar refractivity (Wildman–Crippen MR) is 57.3 cm³/mol. The summed E-state index contributed by atoms with van der Waals surface area (Å²) in [6, 6.07) is 1.02. The number of rotatable bonds is 1. The van der Waals surface area contributed by atoms with Gasteiger partial charge in [-0.15, -0.1) is 0 Å². The van der Waals surface area contributed by atoms with Crippen molar-refractivity contribution in [2.24, 2.45) is 0 Å². The molecule has 6 heteroatoms. The Balaban J connectivity index is 2.98. The molecule has 0 spiro atoms. The fourth-order valence-electron chi connectivity index (χ4n) is 1.08. The number of halogens is 1. The van der Waals surface area contributed by atoms with Crippen LogP contribution in [0, 0.1) is 5.82 Å². The maximum absolute atomic E-state index is 13.3. The van der Waals surface area contributed by atoms with Crippen molar-refractivity contribution in [2.45, 2.75) is 33.3 Å². The molecule has 17 heavy (non-hydrogen) atoms. The van der Waals surface area contributed by atoms with E-state index in [0.717, 1.165) is 23.8 Å². The van der Waals surface area contributed by atoms with Crippen LogP contribution in [0.1, 0.15) is 27.7 Å². The van der Waals surface area contributed by atoms with Gasteiger partial charge in [0, 0.05) is 13.1 Å². The topological polar surface area (TPSA) is 57.5 Å². The molecule has 0 fully saturated rings. The van der Waals surface area contributed by atoms with Crippen molar-refractivity contribution in [3.63, 3.8) is 0 Å². The van der Waals surface area contributed by atoms with E-state index in [9.17, 15) is 14.0 Å². The Morgan fingerprint density at radius 2 is 1.94 bits per heavy atom. The molecule has 0 aliphatic carbocycles. The van der Waals surface area contributed by atoms with Crippen LogP contribution in [0.5, 0.6) is 5.88 Å². The summed E-state index contributed by atoms with van der Waals surface area (Å²) in [6.45, 7) is 6.15. The lowest BCUT2D eigenvalue weighted by Gasteiger charge is -2.20. The molecule has 0 radical (unpaired) electrons. The van der Waals surface area contributed by atoms with Gasteiger partial charge >= 0.3 is 12.1 Å². The van der Waals surface area contributed by atoms with Gasteiger partial charge in [-0.3, -0.25) is 4.79 Å². The van der Waals surface area contributed by atoms with Gasteiger partial charge in [0.1, 0.15) is 5.60 Å². The number of ether oxygens (including phenoxy) is 2. The predicted octanol–water partition coefficient (Wildman–Crippen LogP) is 2.34. The van der Waals surface area contributed by atoms with Crippen LogP contribution in [0.3, 0.4) is 0 Å². The average molecular weight is 243 g/mol. The largest absolute Gasteiger partial charge is 0.443 e. The van der Waals surface area contributed by atoms with Gasteiger partial charge in [-0.05, 0) is 26.8 Å². The molecule has 0 amide bonds. The van der Waals surface area contributed by atoms with Crippen LogP contribution in [0.25, 0.3) is 0 Å². The Kier molecular flexibility index (Phi) is 3.55. The summed E-state index contributed by atoms with van der Waals surface area (Å²) >= 11 is 0. The van der Waals surface area contributed by atoms with E-state index in [4.69, 9.17) is 4.74 Å². The van der Waals surface area contributed by atoms with Crippen LogP contribution in [-0.2, 0) is 9.53 Å². The second-order valence-corrected chi connectivity index (χ2v) is 4.41. The van der Waals surface area contributed by atoms with Gasteiger partial charge in [-0.25, -0.2) is 13.8 Å². The monoisotopic (exact) mass is 243 g/mol. The Morgan fingerprint density at radius 3 is 2.41 bits per heavy atom. The zero-order valence-corrected chi connectivity index (χ0v) is 10.1. The standard InChI is InChI=1S/C11H14FNO4/c1-7(14)16-9-8(12)5-6-13(9)10(15)17-11(2,3)4/h5-6H,1-4H3. The highest BCUT2D eigenvalue weighted by Crippen LogP contribution is 2.20. The smallest absolute Gasteiger partial charge is 0.421 e. The van der Waals surface area contributed by atoms with E-state index in [1.807, 2.05) is 0 Å². The number of nitrogens with zero attached hydrogens (tertiary/aromatic N) is 1. The minimum absolute atomic E-state index is 0.466. The summed E-state index contributed by atoms with van der Waals surface area (Å²) in [4.78, 5) is 22.4. The first kappa shape index (κ1) is 13.2. The third-order valence-corrected chi connectivity index (χ3v) is 1.62. The summed E-state index contributed by atoms with van der Waals surface area (Å²) in [5.41, 5.74) is -0.717. The molecule has 1 aromatic rings. The number of carbonyl (C=O) groups is 2. The molecular formula is C11H14FNO4. The first-order valence-corrected chi connectivity index (χ1v) is 4.99. The Morgan fingerprint density at radius 1 is 1.35 bits per heavy atom. The second-order valence-electron chi connectivity index (χ2n) is 4.41. The Bertz CT molecular complexity index is 445. The molecule has 0 aromatic carbocycles. The first-order chi connectivity index (χ1) is 7.70. The molecule has 0 bridgehead atoms. The van der Waals surface area contributed by atoms with E-state index in [2.05, 4.69) is 4.74 Å². The lowest BCUT2D eigenvalue weighted by Crippen LogP contribution is -2.27. The van der Waals surface area contributed by atoms with Crippen LogP contribution < -0.4 is 4.74 Å². The molecule has 0 atom stereocenters. The lowest BCUT2D eigenvalue weighted by atomic mass is 10.2.